The minimum Gasteiger partial charge on any atom is -0.0710 e. The smallest absolute Gasteiger partial charge is 0.0315 e. The normalized spacial score (nSPS) is 30.7. The molecule has 2 aliphatic carbocycles. The fraction of sp³-hybridized carbons (Fsp3) is 0.882. The molecule has 0 heteroatoms. The van der Waals surface area contributed by atoms with Crippen molar-refractivity contribution in [1.82, 2.24) is 0 Å². The molecular weight excluding hydrogens is 204 g/mol. The molecule has 0 heterocycles. The quantitative estimate of drug-likeness (QED) is 0.535. The first-order valence-corrected chi connectivity index (χ1v) is 8.03. The van der Waals surface area contributed by atoms with Gasteiger partial charge in [0.15, 0.2) is 0 Å². The third-order valence-electron chi connectivity index (χ3n) is 5.19. The van der Waals surface area contributed by atoms with Gasteiger partial charge in [0.05, 0.1) is 0 Å². The first-order valence-electron chi connectivity index (χ1n) is 8.03. The first kappa shape index (κ1) is 13.2. The Hall–Kier alpha value is -0.260. The molecule has 0 bridgehead atoms. The van der Waals surface area contributed by atoms with Crippen molar-refractivity contribution in [2.45, 2.75) is 84.5 Å². The SMILES string of the molecule is CCCC1CCC(=C2CCC(CC)CC2)CC1. The number of rotatable bonds is 3. The van der Waals surface area contributed by atoms with Gasteiger partial charge in [0.1, 0.15) is 0 Å². The minimum atomic E-state index is 1.04. The zero-order valence-corrected chi connectivity index (χ0v) is 11.9. The number of hydrogen-bond donors (Lipinski definition) is 0. The molecule has 0 N–H and O–H groups in total. The molecule has 0 nitrogen and oxygen atoms in total. The van der Waals surface area contributed by atoms with E-state index in [9.17, 15) is 0 Å². The van der Waals surface area contributed by atoms with Crippen LogP contribution in [0.25, 0.3) is 0 Å². The van der Waals surface area contributed by atoms with Crippen LogP contribution in [0.2, 0.25) is 0 Å². The molecule has 0 aromatic heterocycles. The molecule has 0 atom stereocenters. The second-order valence-corrected chi connectivity index (χ2v) is 6.29. The van der Waals surface area contributed by atoms with E-state index in [1.165, 1.54) is 70.6 Å². The predicted molar refractivity (Wildman–Crippen MR) is 76.1 cm³/mol. The lowest BCUT2D eigenvalue weighted by Crippen LogP contribution is -2.13. The van der Waals surface area contributed by atoms with Crippen molar-refractivity contribution in [3.05, 3.63) is 11.1 Å². The average molecular weight is 234 g/mol. The molecule has 0 saturated heterocycles. The van der Waals surface area contributed by atoms with Crippen molar-refractivity contribution in [2.24, 2.45) is 11.8 Å². The topological polar surface area (TPSA) is 0 Å². The summed E-state index contributed by atoms with van der Waals surface area (Å²) in [6, 6.07) is 0. The number of hydrogen-bond acceptors (Lipinski definition) is 0. The zero-order chi connectivity index (χ0) is 12.1. The van der Waals surface area contributed by atoms with E-state index in [0.29, 0.717) is 0 Å². The van der Waals surface area contributed by atoms with Crippen LogP contribution < -0.4 is 0 Å². The van der Waals surface area contributed by atoms with Crippen molar-refractivity contribution in [2.75, 3.05) is 0 Å². The van der Waals surface area contributed by atoms with Gasteiger partial charge in [-0.3, -0.25) is 0 Å². The molecule has 98 valence electrons. The maximum atomic E-state index is 2.36. The van der Waals surface area contributed by atoms with Crippen molar-refractivity contribution in [1.29, 1.82) is 0 Å². The van der Waals surface area contributed by atoms with E-state index in [4.69, 9.17) is 0 Å². The molecule has 0 unspecified atom stereocenters. The molecule has 0 aromatic rings. The Morgan fingerprint density at radius 1 is 0.765 bits per heavy atom. The van der Waals surface area contributed by atoms with Crippen LogP contribution in [0.5, 0.6) is 0 Å². The monoisotopic (exact) mass is 234 g/mol. The van der Waals surface area contributed by atoms with Crippen molar-refractivity contribution < 1.29 is 0 Å². The van der Waals surface area contributed by atoms with E-state index >= 15 is 0 Å². The third kappa shape index (κ3) is 3.60. The van der Waals surface area contributed by atoms with Gasteiger partial charge in [0, 0.05) is 0 Å². The molecule has 17 heavy (non-hydrogen) atoms. The molecular formula is C17H30. The Morgan fingerprint density at radius 3 is 1.65 bits per heavy atom. The van der Waals surface area contributed by atoms with Crippen LogP contribution in [0.15, 0.2) is 11.1 Å². The van der Waals surface area contributed by atoms with Crippen LogP contribution in [-0.4, -0.2) is 0 Å². The molecule has 0 spiro atoms. The predicted octanol–water partition coefficient (Wildman–Crippen LogP) is 5.87. The van der Waals surface area contributed by atoms with Crippen LogP contribution in [-0.2, 0) is 0 Å². The number of allylic oxidation sites excluding steroid dienone is 2. The third-order valence-corrected chi connectivity index (χ3v) is 5.19. The van der Waals surface area contributed by atoms with Crippen LogP contribution in [0, 0.1) is 11.8 Å². The van der Waals surface area contributed by atoms with Crippen LogP contribution in [0.3, 0.4) is 0 Å². The largest absolute Gasteiger partial charge is 0.0710 e. The highest BCUT2D eigenvalue weighted by Gasteiger charge is 2.21. The Labute approximate surface area is 108 Å². The summed E-state index contributed by atoms with van der Waals surface area (Å²) >= 11 is 0. The van der Waals surface area contributed by atoms with Gasteiger partial charge in [0.2, 0.25) is 0 Å². The first-order chi connectivity index (χ1) is 8.33. The highest BCUT2D eigenvalue weighted by Crippen LogP contribution is 2.38. The summed E-state index contributed by atoms with van der Waals surface area (Å²) in [7, 11) is 0. The molecule has 0 radical (unpaired) electrons. The van der Waals surface area contributed by atoms with Gasteiger partial charge in [-0.2, -0.15) is 0 Å². The van der Waals surface area contributed by atoms with E-state index in [2.05, 4.69) is 13.8 Å². The van der Waals surface area contributed by atoms with E-state index in [0.717, 1.165) is 11.8 Å². The summed E-state index contributed by atoms with van der Waals surface area (Å²) in [6.07, 6.45) is 16.0. The van der Waals surface area contributed by atoms with Crippen molar-refractivity contribution in [3.8, 4) is 0 Å². The Kier molecular flexibility index (Phi) is 5.13. The van der Waals surface area contributed by atoms with Gasteiger partial charge in [-0.1, -0.05) is 44.3 Å². The zero-order valence-electron chi connectivity index (χ0n) is 11.9. The molecule has 2 saturated carbocycles. The van der Waals surface area contributed by atoms with E-state index in [1.54, 1.807) is 0 Å². The Bertz CT molecular complexity index is 241. The van der Waals surface area contributed by atoms with Crippen molar-refractivity contribution in [3.63, 3.8) is 0 Å². The van der Waals surface area contributed by atoms with Gasteiger partial charge in [-0.25, -0.2) is 0 Å². The van der Waals surface area contributed by atoms with Crippen molar-refractivity contribution >= 4 is 0 Å². The summed E-state index contributed by atoms with van der Waals surface area (Å²) in [5.74, 6) is 2.09. The van der Waals surface area contributed by atoms with E-state index < -0.39 is 0 Å². The van der Waals surface area contributed by atoms with Crippen LogP contribution >= 0.6 is 0 Å². The lowest BCUT2D eigenvalue weighted by atomic mass is 9.76. The minimum absolute atomic E-state index is 1.04. The molecule has 0 aliphatic heterocycles. The van der Waals surface area contributed by atoms with Gasteiger partial charge < -0.3 is 0 Å². The standard InChI is InChI=1S/C17H30/c1-3-5-15-8-12-17(13-9-15)16-10-6-14(4-2)7-11-16/h14-15H,3-13H2,1-2H3. The fourth-order valence-electron chi connectivity index (χ4n) is 3.86. The van der Waals surface area contributed by atoms with E-state index in [1.807, 2.05) is 11.1 Å². The molecule has 0 amide bonds. The van der Waals surface area contributed by atoms with Gasteiger partial charge >= 0.3 is 0 Å². The maximum Gasteiger partial charge on any atom is -0.0315 e. The molecule has 0 aromatic carbocycles. The summed E-state index contributed by atoms with van der Waals surface area (Å²) in [6.45, 7) is 4.69. The summed E-state index contributed by atoms with van der Waals surface area (Å²) in [5, 5.41) is 0. The lowest BCUT2D eigenvalue weighted by molar-refractivity contribution is 0.363. The van der Waals surface area contributed by atoms with Gasteiger partial charge in [-0.15, -0.1) is 0 Å². The summed E-state index contributed by atoms with van der Waals surface area (Å²) in [4.78, 5) is 0. The molecule has 2 fully saturated rings. The van der Waals surface area contributed by atoms with Gasteiger partial charge in [0.25, 0.3) is 0 Å². The maximum absolute atomic E-state index is 2.36. The molecule has 2 aliphatic rings. The van der Waals surface area contributed by atoms with Crippen LogP contribution in [0.1, 0.15) is 84.5 Å². The molecule has 2 rings (SSSR count). The van der Waals surface area contributed by atoms with E-state index in [-0.39, 0.29) is 0 Å². The average Bonchev–Trinajstić information content (AvgIpc) is 2.40. The second kappa shape index (κ2) is 6.61. The highest BCUT2D eigenvalue weighted by molar-refractivity contribution is 5.18. The summed E-state index contributed by atoms with van der Waals surface area (Å²) in [5.41, 5.74) is 3.76. The second-order valence-electron chi connectivity index (χ2n) is 6.29. The Morgan fingerprint density at radius 2 is 1.24 bits per heavy atom. The fourth-order valence-corrected chi connectivity index (χ4v) is 3.86. The summed E-state index contributed by atoms with van der Waals surface area (Å²) < 4.78 is 0. The Balaban J connectivity index is 1.83. The van der Waals surface area contributed by atoms with Crippen LogP contribution in [0.4, 0.5) is 0 Å². The van der Waals surface area contributed by atoms with Gasteiger partial charge in [-0.05, 0) is 63.2 Å². The highest BCUT2D eigenvalue weighted by atomic mass is 14.3. The lowest BCUT2D eigenvalue weighted by Gasteiger charge is -2.29.